The van der Waals surface area contributed by atoms with Gasteiger partial charge in [-0.25, -0.2) is 26.7 Å². The Kier molecular flexibility index (Phi) is 5.04. The summed E-state index contributed by atoms with van der Waals surface area (Å²) in [6.45, 7) is 1.92. The molecule has 19 heavy (non-hydrogen) atoms. The third-order valence-corrected chi connectivity index (χ3v) is 4.84. The summed E-state index contributed by atoms with van der Waals surface area (Å²) in [6, 6.07) is 4.54. The Hall–Kier alpha value is -1.00. The first-order chi connectivity index (χ1) is 8.66. The number of primary sulfonamides is 1. The fourth-order valence-electron chi connectivity index (χ4n) is 1.26. The molecule has 0 aliphatic carbocycles. The Labute approximate surface area is 113 Å². The fourth-order valence-corrected chi connectivity index (χ4v) is 3.04. The maximum Gasteiger partial charge on any atom is 0.240 e. The van der Waals surface area contributed by atoms with Crippen molar-refractivity contribution in [2.45, 2.75) is 29.2 Å². The maximum absolute atomic E-state index is 11.9. The maximum atomic E-state index is 11.9. The van der Waals surface area contributed by atoms with E-state index in [1.807, 2.05) is 6.92 Å². The van der Waals surface area contributed by atoms with Gasteiger partial charge in [-0.2, -0.15) is 0 Å². The number of hydrogen-bond donors (Lipinski definition) is 3. The second-order valence-corrected chi connectivity index (χ2v) is 7.37. The van der Waals surface area contributed by atoms with Crippen LogP contribution >= 0.6 is 0 Å². The van der Waals surface area contributed by atoms with Gasteiger partial charge in [-0.05, 0) is 24.6 Å². The summed E-state index contributed by atoms with van der Waals surface area (Å²) in [5, 5.41) is 4.95. The van der Waals surface area contributed by atoms with Crippen LogP contribution in [-0.2, 0) is 20.0 Å². The zero-order valence-electron chi connectivity index (χ0n) is 10.4. The van der Waals surface area contributed by atoms with Crippen molar-refractivity contribution in [2.75, 3.05) is 6.54 Å². The van der Waals surface area contributed by atoms with Crippen molar-refractivity contribution >= 4 is 20.0 Å². The Balaban J connectivity index is 3.03. The van der Waals surface area contributed by atoms with E-state index < -0.39 is 20.0 Å². The van der Waals surface area contributed by atoms with Crippen molar-refractivity contribution < 1.29 is 16.8 Å². The summed E-state index contributed by atoms with van der Waals surface area (Å²) in [7, 11) is -7.74. The van der Waals surface area contributed by atoms with Crippen molar-refractivity contribution in [1.29, 1.82) is 0 Å². The number of benzene rings is 1. The molecule has 0 aliphatic heterocycles. The SMILES string of the molecule is CCC(N)CNS(=O)(=O)c1cccc(S(N)(=O)=O)c1. The smallest absolute Gasteiger partial charge is 0.240 e. The Morgan fingerprint density at radius 3 is 2.32 bits per heavy atom. The van der Waals surface area contributed by atoms with E-state index in [1.165, 1.54) is 18.2 Å². The van der Waals surface area contributed by atoms with Crippen LogP contribution < -0.4 is 15.6 Å². The third-order valence-electron chi connectivity index (χ3n) is 2.50. The zero-order valence-corrected chi connectivity index (χ0v) is 12.0. The molecule has 5 N–H and O–H groups in total. The number of nitrogens with two attached hydrogens (primary N) is 2. The molecule has 0 amide bonds. The first kappa shape index (κ1) is 16.1. The van der Waals surface area contributed by atoms with Crippen LogP contribution in [0.25, 0.3) is 0 Å². The van der Waals surface area contributed by atoms with Gasteiger partial charge in [0.1, 0.15) is 0 Å². The van der Waals surface area contributed by atoms with Gasteiger partial charge in [-0.3, -0.25) is 0 Å². The summed E-state index contributed by atoms with van der Waals surface area (Å²) in [6.07, 6.45) is 0.625. The van der Waals surface area contributed by atoms with E-state index in [2.05, 4.69) is 4.72 Å². The minimum Gasteiger partial charge on any atom is -0.327 e. The van der Waals surface area contributed by atoms with E-state index in [-0.39, 0.29) is 22.4 Å². The number of nitrogens with one attached hydrogen (secondary N) is 1. The molecule has 0 spiro atoms. The molecule has 0 bridgehead atoms. The van der Waals surface area contributed by atoms with E-state index in [9.17, 15) is 16.8 Å². The molecule has 0 aromatic heterocycles. The van der Waals surface area contributed by atoms with Crippen LogP contribution in [-0.4, -0.2) is 29.4 Å². The highest BCUT2D eigenvalue weighted by molar-refractivity contribution is 7.90. The van der Waals surface area contributed by atoms with Gasteiger partial charge in [0.15, 0.2) is 0 Å². The third kappa shape index (κ3) is 4.55. The number of sulfonamides is 2. The average molecular weight is 307 g/mol. The van der Waals surface area contributed by atoms with Crippen LogP contribution in [0.5, 0.6) is 0 Å². The van der Waals surface area contributed by atoms with Crippen molar-refractivity contribution in [3.63, 3.8) is 0 Å². The summed E-state index contributed by atoms with van der Waals surface area (Å²) in [4.78, 5) is -0.419. The van der Waals surface area contributed by atoms with E-state index in [4.69, 9.17) is 10.9 Å². The predicted molar refractivity (Wildman–Crippen MR) is 71.3 cm³/mol. The number of hydrogen-bond acceptors (Lipinski definition) is 5. The van der Waals surface area contributed by atoms with Crippen molar-refractivity contribution in [1.82, 2.24) is 4.72 Å². The van der Waals surface area contributed by atoms with Gasteiger partial charge in [0, 0.05) is 12.6 Å². The molecule has 7 nitrogen and oxygen atoms in total. The second-order valence-electron chi connectivity index (χ2n) is 4.04. The fraction of sp³-hybridized carbons (Fsp3) is 0.400. The van der Waals surface area contributed by atoms with E-state index in [0.717, 1.165) is 6.07 Å². The lowest BCUT2D eigenvalue weighted by molar-refractivity contribution is 0.563. The summed E-state index contributed by atoms with van der Waals surface area (Å²) in [5.41, 5.74) is 5.61. The molecule has 1 aromatic rings. The van der Waals surface area contributed by atoms with E-state index in [1.54, 1.807) is 0 Å². The first-order valence-electron chi connectivity index (χ1n) is 5.55. The topological polar surface area (TPSA) is 132 Å². The molecule has 1 rings (SSSR count). The second kappa shape index (κ2) is 5.97. The van der Waals surface area contributed by atoms with Crippen LogP contribution in [0.15, 0.2) is 34.1 Å². The van der Waals surface area contributed by atoms with Gasteiger partial charge in [-0.1, -0.05) is 13.0 Å². The monoisotopic (exact) mass is 307 g/mol. The summed E-state index contributed by atoms with van der Waals surface area (Å²) < 4.78 is 48.5. The Bertz CT molecular complexity index is 640. The molecule has 0 saturated heterocycles. The Morgan fingerprint density at radius 2 is 1.79 bits per heavy atom. The van der Waals surface area contributed by atoms with Gasteiger partial charge in [0.25, 0.3) is 0 Å². The molecule has 1 aromatic carbocycles. The molecule has 0 aliphatic rings. The van der Waals surface area contributed by atoms with E-state index in [0.29, 0.717) is 6.42 Å². The molecule has 1 atom stereocenters. The lowest BCUT2D eigenvalue weighted by Crippen LogP contribution is -2.36. The van der Waals surface area contributed by atoms with Crippen molar-refractivity contribution in [3.8, 4) is 0 Å². The Morgan fingerprint density at radius 1 is 1.21 bits per heavy atom. The quantitative estimate of drug-likeness (QED) is 0.642. The summed E-state index contributed by atoms with van der Waals surface area (Å²) in [5.74, 6) is 0. The van der Waals surface area contributed by atoms with Gasteiger partial charge < -0.3 is 5.73 Å². The molecule has 0 heterocycles. The molecule has 0 radical (unpaired) electrons. The predicted octanol–water partition coefficient (Wildman–Crippen LogP) is -0.650. The highest BCUT2D eigenvalue weighted by atomic mass is 32.2. The molecular formula is C10H17N3O4S2. The first-order valence-corrected chi connectivity index (χ1v) is 8.58. The minimum atomic E-state index is -3.94. The molecule has 108 valence electrons. The normalized spacial score (nSPS) is 14.3. The molecular weight excluding hydrogens is 290 g/mol. The highest BCUT2D eigenvalue weighted by Gasteiger charge is 2.17. The lowest BCUT2D eigenvalue weighted by Gasteiger charge is -2.11. The van der Waals surface area contributed by atoms with Gasteiger partial charge in [0.05, 0.1) is 9.79 Å². The molecule has 1 unspecified atom stereocenters. The average Bonchev–Trinajstić information content (AvgIpc) is 2.35. The summed E-state index contributed by atoms with van der Waals surface area (Å²) >= 11 is 0. The minimum absolute atomic E-state index is 0.0818. The lowest BCUT2D eigenvalue weighted by atomic mass is 10.2. The van der Waals surface area contributed by atoms with Gasteiger partial charge in [-0.15, -0.1) is 0 Å². The highest BCUT2D eigenvalue weighted by Crippen LogP contribution is 2.14. The van der Waals surface area contributed by atoms with Gasteiger partial charge >= 0.3 is 0 Å². The van der Waals surface area contributed by atoms with Crippen LogP contribution in [0.4, 0.5) is 0 Å². The van der Waals surface area contributed by atoms with Crippen molar-refractivity contribution in [3.05, 3.63) is 24.3 Å². The zero-order chi connectivity index (χ0) is 14.7. The molecule has 9 heteroatoms. The van der Waals surface area contributed by atoms with E-state index >= 15 is 0 Å². The number of rotatable bonds is 6. The van der Waals surface area contributed by atoms with Gasteiger partial charge in [0.2, 0.25) is 20.0 Å². The standard InChI is InChI=1S/C10H17N3O4S2/c1-2-8(11)7-13-19(16,17)10-5-3-4-9(6-10)18(12,14)15/h3-6,8,13H,2,7,11H2,1H3,(H2,12,14,15). The van der Waals surface area contributed by atoms with Crippen molar-refractivity contribution in [2.24, 2.45) is 10.9 Å². The molecule has 0 saturated carbocycles. The van der Waals surface area contributed by atoms with Crippen LogP contribution in [0.1, 0.15) is 13.3 Å². The van der Waals surface area contributed by atoms with Crippen LogP contribution in [0.2, 0.25) is 0 Å². The van der Waals surface area contributed by atoms with Crippen LogP contribution in [0, 0.1) is 0 Å². The molecule has 0 fully saturated rings. The largest absolute Gasteiger partial charge is 0.327 e. The van der Waals surface area contributed by atoms with Crippen LogP contribution in [0.3, 0.4) is 0 Å².